The van der Waals surface area contributed by atoms with Crippen molar-refractivity contribution in [1.29, 1.82) is 0 Å². The lowest BCUT2D eigenvalue weighted by Gasteiger charge is -2.19. The molecule has 8 heteroatoms. The summed E-state index contributed by atoms with van der Waals surface area (Å²) in [6.07, 6.45) is 3.19. The zero-order valence-electron chi connectivity index (χ0n) is 15.1. The minimum absolute atomic E-state index is 0.0580. The van der Waals surface area contributed by atoms with Gasteiger partial charge in [-0.15, -0.1) is 0 Å². The summed E-state index contributed by atoms with van der Waals surface area (Å²) in [4.78, 5) is 49.8. The van der Waals surface area contributed by atoms with Crippen LogP contribution in [0, 0.1) is 11.8 Å². The SMILES string of the molecule is O=C(CN1C(=O)[C@H]2CCCC[C@H]2C1=O)OCc1cc(=O)oc2cc(O)ccc12. The number of hydrogen-bond donors (Lipinski definition) is 1. The molecule has 0 unspecified atom stereocenters. The van der Waals surface area contributed by atoms with Crippen LogP contribution in [0.3, 0.4) is 0 Å². The van der Waals surface area contributed by atoms with E-state index in [9.17, 15) is 24.3 Å². The molecule has 2 fully saturated rings. The van der Waals surface area contributed by atoms with Gasteiger partial charge in [0, 0.05) is 23.1 Å². The topological polar surface area (TPSA) is 114 Å². The zero-order chi connectivity index (χ0) is 19.8. The highest BCUT2D eigenvalue weighted by molar-refractivity contribution is 6.07. The van der Waals surface area contributed by atoms with Crippen LogP contribution >= 0.6 is 0 Å². The minimum Gasteiger partial charge on any atom is -0.508 e. The van der Waals surface area contributed by atoms with E-state index >= 15 is 0 Å². The van der Waals surface area contributed by atoms with E-state index in [1.54, 1.807) is 6.07 Å². The number of phenols is 1. The van der Waals surface area contributed by atoms with E-state index in [0.29, 0.717) is 23.8 Å². The second-order valence-electron chi connectivity index (χ2n) is 7.19. The second kappa shape index (κ2) is 7.10. The predicted molar refractivity (Wildman–Crippen MR) is 96.1 cm³/mol. The van der Waals surface area contributed by atoms with Crippen molar-refractivity contribution in [3.05, 3.63) is 40.2 Å². The predicted octanol–water partition coefficient (Wildman–Crippen LogP) is 1.72. The molecule has 146 valence electrons. The maximum absolute atomic E-state index is 12.4. The lowest BCUT2D eigenvalue weighted by atomic mass is 9.81. The Kier molecular flexibility index (Phi) is 4.62. The van der Waals surface area contributed by atoms with Gasteiger partial charge in [-0.3, -0.25) is 19.3 Å². The molecule has 1 aromatic heterocycles. The first kappa shape index (κ1) is 18.2. The Balaban J connectivity index is 1.45. The second-order valence-corrected chi connectivity index (χ2v) is 7.19. The van der Waals surface area contributed by atoms with Crippen molar-refractivity contribution in [2.75, 3.05) is 6.54 Å². The number of phenolic OH excluding ortho intramolecular Hbond substituents is 1. The van der Waals surface area contributed by atoms with Gasteiger partial charge in [0.15, 0.2) is 0 Å². The van der Waals surface area contributed by atoms with Crippen LogP contribution in [0.25, 0.3) is 11.0 Å². The zero-order valence-corrected chi connectivity index (χ0v) is 15.1. The van der Waals surface area contributed by atoms with Gasteiger partial charge < -0.3 is 14.3 Å². The number of imide groups is 1. The van der Waals surface area contributed by atoms with Gasteiger partial charge in [-0.1, -0.05) is 12.8 Å². The minimum atomic E-state index is -0.722. The van der Waals surface area contributed by atoms with Crippen LogP contribution < -0.4 is 5.63 Å². The summed E-state index contributed by atoms with van der Waals surface area (Å²) in [6.45, 7) is -0.639. The fourth-order valence-electron chi connectivity index (χ4n) is 4.06. The Labute approximate surface area is 159 Å². The van der Waals surface area contributed by atoms with E-state index in [1.165, 1.54) is 18.2 Å². The lowest BCUT2D eigenvalue weighted by molar-refractivity contribution is -0.153. The monoisotopic (exact) mass is 385 g/mol. The molecule has 1 saturated carbocycles. The molecule has 1 aliphatic heterocycles. The van der Waals surface area contributed by atoms with Gasteiger partial charge in [-0.25, -0.2) is 4.79 Å². The van der Waals surface area contributed by atoms with Gasteiger partial charge in [-0.2, -0.15) is 0 Å². The highest BCUT2D eigenvalue weighted by Crippen LogP contribution is 2.37. The number of aromatic hydroxyl groups is 1. The summed E-state index contributed by atoms with van der Waals surface area (Å²) in [5.41, 5.74) is -0.0574. The molecule has 0 bridgehead atoms. The third-order valence-corrected chi connectivity index (χ3v) is 5.42. The van der Waals surface area contributed by atoms with Gasteiger partial charge >= 0.3 is 11.6 Å². The average molecular weight is 385 g/mol. The molecule has 1 N–H and O–H groups in total. The Hall–Kier alpha value is -3.16. The first-order chi connectivity index (χ1) is 13.4. The van der Waals surface area contributed by atoms with Gasteiger partial charge in [0.05, 0.1) is 11.8 Å². The molecule has 0 spiro atoms. The van der Waals surface area contributed by atoms with Crippen LogP contribution in [-0.2, 0) is 25.7 Å². The Bertz CT molecular complexity index is 1000. The fraction of sp³-hybridized carbons (Fsp3) is 0.400. The normalized spacial score (nSPS) is 21.8. The van der Waals surface area contributed by atoms with Crippen molar-refractivity contribution in [1.82, 2.24) is 4.90 Å². The summed E-state index contributed by atoms with van der Waals surface area (Å²) >= 11 is 0. The van der Waals surface area contributed by atoms with Crippen molar-refractivity contribution in [3.63, 3.8) is 0 Å². The van der Waals surface area contributed by atoms with Gasteiger partial charge in [0.25, 0.3) is 0 Å². The van der Waals surface area contributed by atoms with E-state index in [4.69, 9.17) is 9.15 Å². The molecule has 2 aliphatic rings. The third-order valence-electron chi connectivity index (χ3n) is 5.42. The molecular formula is C20H19NO7. The highest BCUT2D eigenvalue weighted by atomic mass is 16.5. The largest absolute Gasteiger partial charge is 0.508 e. The fourth-order valence-corrected chi connectivity index (χ4v) is 4.06. The molecule has 2 heterocycles. The number of ether oxygens (including phenoxy) is 1. The molecular weight excluding hydrogens is 366 g/mol. The van der Waals surface area contributed by atoms with Gasteiger partial charge in [0.2, 0.25) is 11.8 Å². The third kappa shape index (κ3) is 3.26. The molecule has 1 aliphatic carbocycles. The van der Waals surface area contributed by atoms with Crippen LogP contribution in [-0.4, -0.2) is 34.3 Å². The quantitative estimate of drug-likeness (QED) is 0.484. The number of carbonyl (C=O) groups excluding carboxylic acids is 3. The van der Waals surface area contributed by atoms with E-state index in [1.807, 2.05) is 0 Å². The molecule has 28 heavy (non-hydrogen) atoms. The summed E-state index contributed by atoms with van der Waals surface area (Å²) in [5.74, 6) is -2.01. The first-order valence-corrected chi connectivity index (χ1v) is 9.20. The summed E-state index contributed by atoms with van der Waals surface area (Å²) < 4.78 is 10.2. The van der Waals surface area contributed by atoms with E-state index in [-0.39, 0.29) is 41.6 Å². The Morgan fingerprint density at radius 2 is 1.79 bits per heavy atom. The number of nitrogens with zero attached hydrogens (tertiary/aromatic N) is 1. The number of esters is 1. The van der Waals surface area contributed by atoms with Crippen molar-refractivity contribution in [2.45, 2.75) is 32.3 Å². The van der Waals surface area contributed by atoms with Crippen molar-refractivity contribution in [2.24, 2.45) is 11.8 Å². The molecule has 2 aromatic rings. The standard InChI is InChI=1S/C20H19NO7/c22-12-5-6-13-11(7-17(23)28-16(13)8-12)10-27-18(24)9-21-19(25)14-3-1-2-4-15(14)20(21)26/h5-8,14-15,22H,1-4,9-10H2/t14-,15+. The summed E-state index contributed by atoms with van der Waals surface area (Å²) in [7, 11) is 0. The van der Waals surface area contributed by atoms with Crippen molar-refractivity contribution >= 4 is 28.8 Å². The number of carbonyl (C=O) groups is 3. The van der Waals surface area contributed by atoms with Crippen molar-refractivity contribution < 1.29 is 28.6 Å². The van der Waals surface area contributed by atoms with Crippen LogP contribution in [0.1, 0.15) is 31.2 Å². The van der Waals surface area contributed by atoms with Gasteiger partial charge in [0.1, 0.15) is 24.5 Å². The maximum Gasteiger partial charge on any atom is 0.336 e. The number of amides is 2. The molecule has 8 nitrogen and oxygen atoms in total. The van der Waals surface area contributed by atoms with Crippen LogP contribution in [0.2, 0.25) is 0 Å². The molecule has 4 rings (SSSR count). The lowest BCUT2D eigenvalue weighted by Crippen LogP contribution is -2.36. The van der Waals surface area contributed by atoms with Gasteiger partial charge in [-0.05, 0) is 25.0 Å². The maximum atomic E-state index is 12.4. The number of benzene rings is 1. The smallest absolute Gasteiger partial charge is 0.336 e. The number of likely N-dealkylation sites (tertiary alicyclic amines) is 1. The van der Waals surface area contributed by atoms with E-state index in [0.717, 1.165) is 17.7 Å². The highest BCUT2D eigenvalue weighted by Gasteiger charge is 2.48. The van der Waals surface area contributed by atoms with Crippen LogP contribution in [0.4, 0.5) is 0 Å². The summed E-state index contributed by atoms with van der Waals surface area (Å²) in [6, 6.07) is 5.48. The average Bonchev–Trinajstić information content (AvgIpc) is 2.91. The number of hydrogen-bond acceptors (Lipinski definition) is 7. The first-order valence-electron chi connectivity index (χ1n) is 9.20. The molecule has 2 atom stereocenters. The van der Waals surface area contributed by atoms with Crippen LogP contribution in [0.5, 0.6) is 5.75 Å². The molecule has 2 amide bonds. The molecule has 1 aromatic carbocycles. The Morgan fingerprint density at radius 3 is 2.46 bits per heavy atom. The summed E-state index contributed by atoms with van der Waals surface area (Å²) in [5, 5.41) is 10.0. The molecule has 1 saturated heterocycles. The number of rotatable bonds is 4. The Morgan fingerprint density at radius 1 is 1.11 bits per heavy atom. The van der Waals surface area contributed by atoms with Crippen LogP contribution in [0.15, 0.2) is 33.5 Å². The molecule has 0 radical (unpaired) electrons. The number of fused-ring (bicyclic) bond motifs is 2. The van der Waals surface area contributed by atoms with E-state index < -0.39 is 18.1 Å². The van der Waals surface area contributed by atoms with Crippen molar-refractivity contribution in [3.8, 4) is 5.75 Å². The van der Waals surface area contributed by atoms with E-state index in [2.05, 4.69) is 0 Å².